The molecule has 0 spiro atoms. The van der Waals surface area contributed by atoms with Crippen molar-refractivity contribution in [2.75, 3.05) is 10.2 Å². The van der Waals surface area contributed by atoms with E-state index in [1.165, 1.54) is 0 Å². The molecule has 2 aromatic rings. The van der Waals surface area contributed by atoms with E-state index in [2.05, 4.69) is 36.1 Å². The van der Waals surface area contributed by atoms with Crippen molar-refractivity contribution in [1.29, 1.82) is 0 Å². The Bertz CT molecular complexity index is 792. The number of ether oxygens (including phenoxy) is 1. The van der Waals surface area contributed by atoms with Gasteiger partial charge in [-0.1, -0.05) is 44.2 Å². The van der Waals surface area contributed by atoms with Crippen molar-refractivity contribution >= 4 is 17.9 Å². The molecule has 1 amide bonds. The third kappa shape index (κ3) is 4.21. The highest BCUT2D eigenvalue weighted by Gasteiger charge is 2.49. The van der Waals surface area contributed by atoms with E-state index in [-0.39, 0.29) is 12.1 Å². The van der Waals surface area contributed by atoms with E-state index in [9.17, 15) is 4.79 Å². The summed E-state index contributed by atoms with van der Waals surface area (Å²) >= 11 is 0. The topological polar surface area (TPSA) is 67.4 Å². The summed E-state index contributed by atoms with van der Waals surface area (Å²) < 4.78 is 5.66. The summed E-state index contributed by atoms with van der Waals surface area (Å²) in [6, 6.07) is 11.6. The summed E-state index contributed by atoms with van der Waals surface area (Å²) in [7, 11) is 0. The summed E-state index contributed by atoms with van der Waals surface area (Å²) in [5.41, 5.74) is 0.344. The van der Waals surface area contributed by atoms with Gasteiger partial charge in [0.05, 0.1) is 0 Å². The number of carbonyl (C=O) groups excluding carboxylic acids is 1. The quantitative estimate of drug-likeness (QED) is 0.793. The maximum atomic E-state index is 12.7. The molecule has 0 aliphatic carbocycles. The Balaban J connectivity index is 1.92. The number of hydrogen-bond acceptors (Lipinski definition) is 5. The molecule has 6 nitrogen and oxygen atoms in total. The van der Waals surface area contributed by atoms with Crippen molar-refractivity contribution < 1.29 is 9.53 Å². The first-order valence-corrected chi connectivity index (χ1v) is 9.44. The fourth-order valence-electron chi connectivity index (χ4n) is 3.70. The summed E-state index contributed by atoms with van der Waals surface area (Å²) in [6.45, 7) is 10.3. The molecule has 1 aromatic heterocycles. The van der Waals surface area contributed by atoms with Gasteiger partial charge >= 0.3 is 6.09 Å². The van der Waals surface area contributed by atoms with Gasteiger partial charge in [-0.25, -0.2) is 14.7 Å². The second kappa shape index (κ2) is 7.55. The minimum Gasteiger partial charge on any atom is -0.440 e. The van der Waals surface area contributed by atoms with Gasteiger partial charge in [0, 0.05) is 12.2 Å². The lowest BCUT2D eigenvalue weighted by atomic mass is 9.91. The molecule has 144 valence electrons. The number of benzene rings is 1. The second-order valence-electron chi connectivity index (χ2n) is 8.07. The fourth-order valence-corrected chi connectivity index (χ4v) is 3.70. The smallest absolute Gasteiger partial charge is 0.416 e. The highest BCUT2D eigenvalue weighted by Crippen LogP contribution is 2.43. The number of carbonyl (C=O) groups is 1. The Morgan fingerprint density at radius 2 is 1.89 bits per heavy atom. The number of anilines is 2. The third-order valence-electron chi connectivity index (χ3n) is 4.67. The number of amides is 1. The van der Waals surface area contributed by atoms with Crippen LogP contribution in [-0.4, -0.2) is 27.7 Å². The van der Waals surface area contributed by atoms with Crippen molar-refractivity contribution in [2.45, 2.75) is 58.7 Å². The van der Waals surface area contributed by atoms with Gasteiger partial charge in [-0.15, -0.1) is 0 Å². The summed E-state index contributed by atoms with van der Waals surface area (Å²) in [4.78, 5) is 23.2. The number of nitrogens with zero attached hydrogens (tertiary/aromatic N) is 3. The van der Waals surface area contributed by atoms with Crippen LogP contribution in [-0.2, 0) is 4.74 Å². The van der Waals surface area contributed by atoms with Crippen molar-refractivity contribution in [3.8, 4) is 0 Å². The molecule has 2 heterocycles. The van der Waals surface area contributed by atoms with Crippen LogP contribution in [0.1, 0.15) is 52.6 Å². The van der Waals surface area contributed by atoms with E-state index in [0.29, 0.717) is 17.7 Å². The van der Waals surface area contributed by atoms with Crippen LogP contribution in [0.3, 0.4) is 0 Å². The van der Waals surface area contributed by atoms with Crippen molar-refractivity contribution in [2.24, 2.45) is 5.92 Å². The first-order valence-electron chi connectivity index (χ1n) is 9.44. The molecule has 0 saturated carbocycles. The second-order valence-corrected chi connectivity index (χ2v) is 8.07. The van der Waals surface area contributed by atoms with Crippen LogP contribution in [0.4, 0.5) is 16.6 Å². The van der Waals surface area contributed by atoms with E-state index < -0.39 is 11.7 Å². The van der Waals surface area contributed by atoms with E-state index >= 15 is 0 Å². The van der Waals surface area contributed by atoms with Gasteiger partial charge in [0.2, 0.25) is 5.95 Å². The van der Waals surface area contributed by atoms with Crippen LogP contribution in [0.2, 0.25) is 0 Å². The molecule has 1 fully saturated rings. The number of aromatic nitrogens is 2. The first-order chi connectivity index (χ1) is 12.8. The largest absolute Gasteiger partial charge is 0.440 e. The van der Waals surface area contributed by atoms with Gasteiger partial charge in [0.1, 0.15) is 17.5 Å². The minimum absolute atomic E-state index is 0.243. The average Bonchev–Trinajstić information content (AvgIpc) is 2.83. The van der Waals surface area contributed by atoms with Crippen LogP contribution < -0.4 is 10.2 Å². The van der Waals surface area contributed by atoms with Crippen molar-refractivity contribution in [3.05, 3.63) is 48.2 Å². The number of hydrogen-bond donors (Lipinski definition) is 1. The summed E-state index contributed by atoms with van der Waals surface area (Å²) in [6.07, 6.45) is 2.29. The van der Waals surface area contributed by atoms with E-state index in [4.69, 9.17) is 4.74 Å². The molecule has 0 bridgehead atoms. The van der Waals surface area contributed by atoms with E-state index in [1.807, 2.05) is 44.2 Å². The predicted molar refractivity (Wildman–Crippen MR) is 107 cm³/mol. The zero-order chi connectivity index (χ0) is 19.6. The van der Waals surface area contributed by atoms with E-state index in [1.54, 1.807) is 17.2 Å². The SMILES string of the molecule is CC(C)C[C@H](C)Nc1nccc(N2C(=O)OC(C)(C)[C@@H]2c2ccccc2)n1. The maximum absolute atomic E-state index is 12.7. The van der Waals surface area contributed by atoms with E-state index in [0.717, 1.165) is 12.0 Å². The Morgan fingerprint density at radius 1 is 1.19 bits per heavy atom. The Hall–Kier alpha value is -2.63. The Labute approximate surface area is 161 Å². The summed E-state index contributed by atoms with van der Waals surface area (Å²) in [5.74, 6) is 1.63. The molecule has 2 atom stereocenters. The highest BCUT2D eigenvalue weighted by molar-refractivity contribution is 5.90. The molecule has 1 aliphatic heterocycles. The third-order valence-corrected chi connectivity index (χ3v) is 4.67. The molecule has 3 rings (SSSR count). The lowest BCUT2D eigenvalue weighted by Crippen LogP contribution is -2.34. The lowest BCUT2D eigenvalue weighted by Gasteiger charge is -2.28. The zero-order valence-corrected chi connectivity index (χ0v) is 16.6. The van der Waals surface area contributed by atoms with Crippen LogP contribution in [0.15, 0.2) is 42.6 Å². The number of cyclic esters (lactones) is 1. The number of rotatable bonds is 6. The fraction of sp³-hybridized carbons (Fsp3) is 0.476. The Morgan fingerprint density at radius 3 is 2.56 bits per heavy atom. The molecule has 6 heteroatoms. The highest BCUT2D eigenvalue weighted by atomic mass is 16.6. The monoisotopic (exact) mass is 368 g/mol. The van der Waals surface area contributed by atoms with Crippen LogP contribution in [0.25, 0.3) is 0 Å². The molecule has 1 saturated heterocycles. The molecule has 1 N–H and O–H groups in total. The van der Waals surface area contributed by atoms with Crippen LogP contribution in [0, 0.1) is 5.92 Å². The maximum Gasteiger partial charge on any atom is 0.416 e. The predicted octanol–water partition coefficient (Wildman–Crippen LogP) is 4.80. The normalized spacial score (nSPS) is 19.9. The minimum atomic E-state index is -0.665. The summed E-state index contributed by atoms with van der Waals surface area (Å²) in [5, 5.41) is 3.33. The van der Waals surface area contributed by atoms with Crippen LogP contribution in [0.5, 0.6) is 0 Å². The Kier molecular flexibility index (Phi) is 5.35. The molecule has 1 aliphatic rings. The van der Waals surface area contributed by atoms with Gasteiger partial charge < -0.3 is 10.1 Å². The van der Waals surface area contributed by atoms with Gasteiger partial charge in [-0.3, -0.25) is 0 Å². The van der Waals surface area contributed by atoms with Gasteiger partial charge in [0.25, 0.3) is 0 Å². The molecule has 1 aromatic carbocycles. The van der Waals surface area contributed by atoms with Gasteiger partial charge in [-0.05, 0) is 44.7 Å². The molecule has 27 heavy (non-hydrogen) atoms. The standard InChI is InChI=1S/C21H28N4O2/c1-14(2)13-15(3)23-19-22-12-11-17(24-19)25-18(16-9-7-6-8-10-16)21(4,5)27-20(25)26/h6-12,14-15,18H,13H2,1-5H3,(H,22,23,24)/t15-,18-/m0/s1. The van der Waals surface area contributed by atoms with Crippen molar-refractivity contribution in [3.63, 3.8) is 0 Å². The molecular formula is C21H28N4O2. The molecule has 0 radical (unpaired) electrons. The molecule has 0 unspecified atom stereocenters. The zero-order valence-electron chi connectivity index (χ0n) is 16.6. The van der Waals surface area contributed by atoms with Crippen LogP contribution >= 0.6 is 0 Å². The average molecular weight is 368 g/mol. The van der Waals surface area contributed by atoms with Gasteiger partial charge in [0.15, 0.2) is 0 Å². The molecular weight excluding hydrogens is 340 g/mol. The number of nitrogens with one attached hydrogen (secondary N) is 1. The van der Waals surface area contributed by atoms with Crippen molar-refractivity contribution in [1.82, 2.24) is 9.97 Å². The van der Waals surface area contributed by atoms with Gasteiger partial charge in [-0.2, -0.15) is 4.98 Å². The lowest BCUT2D eigenvalue weighted by molar-refractivity contribution is 0.0685. The first kappa shape index (κ1) is 19.1.